The van der Waals surface area contributed by atoms with Crippen LogP contribution in [0.4, 0.5) is 0 Å². The van der Waals surface area contributed by atoms with Crippen molar-refractivity contribution in [1.29, 1.82) is 0 Å². The molecule has 2 atom stereocenters. The van der Waals surface area contributed by atoms with Crippen LogP contribution >= 0.6 is 11.8 Å². The van der Waals surface area contributed by atoms with Gasteiger partial charge in [0, 0.05) is 18.2 Å². The lowest BCUT2D eigenvalue weighted by Gasteiger charge is -2.19. The van der Waals surface area contributed by atoms with Gasteiger partial charge in [-0.3, -0.25) is 4.79 Å². The molecule has 208 valence electrons. The van der Waals surface area contributed by atoms with E-state index in [9.17, 15) is 14.7 Å². The Labute approximate surface area is 238 Å². The fraction of sp³-hybridized carbons (Fsp3) is 0.250. The van der Waals surface area contributed by atoms with Gasteiger partial charge >= 0.3 is 5.97 Å². The van der Waals surface area contributed by atoms with E-state index >= 15 is 0 Å². The van der Waals surface area contributed by atoms with Crippen molar-refractivity contribution in [3.05, 3.63) is 101 Å². The Bertz CT molecular complexity index is 1480. The first kappa shape index (κ1) is 29.0. The first-order chi connectivity index (χ1) is 19.4. The van der Waals surface area contributed by atoms with E-state index in [1.165, 1.54) is 11.8 Å². The van der Waals surface area contributed by atoms with Gasteiger partial charge in [-0.25, -0.2) is 4.79 Å². The van der Waals surface area contributed by atoms with Crippen LogP contribution < -0.4 is 10.1 Å². The van der Waals surface area contributed by atoms with Crippen molar-refractivity contribution in [2.45, 2.75) is 25.5 Å². The molecule has 0 saturated heterocycles. The first-order valence-electron chi connectivity index (χ1n) is 12.9. The smallest absolute Gasteiger partial charge is 0.326 e. The lowest BCUT2D eigenvalue weighted by atomic mass is 9.92. The van der Waals surface area contributed by atoms with E-state index in [2.05, 4.69) is 5.32 Å². The molecule has 8 heteroatoms. The van der Waals surface area contributed by atoms with E-state index in [1.54, 1.807) is 20.3 Å². The molecule has 2 N–H and O–H groups in total. The molecular weight excluding hydrogens is 526 g/mol. The molecule has 0 bridgehead atoms. The van der Waals surface area contributed by atoms with Crippen molar-refractivity contribution < 1.29 is 28.6 Å². The lowest BCUT2D eigenvalue weighted by Crippen LogP contribution is -2.41. The Morgan fingerprint density at radius 2 is 1.77 bits per heavy atom. The summed E-state index contributed by atoms with van der Waals surface area (Å²) in [6.45, 7) is 1.98. The van der Waals surface area contributed by atoms with Crippen LogP contribution in [0, 0.1) is 6.92 Å². The number of methoxy groups -OCH3 is 2. The summed E-state index contributed by atoms with van der Waals surface area (Å²) in [5, 5.41) is 12.4. The van der Waals surface area contributed by atoms with Crippen LogP contribution in [0.25, 0.3) is 22.5 Å². The lowest BCUT2D eigenvalue weighted by molar-refractivity contribution is -0.139. The molecule has 40 heavy (non-hydrogen) atoms. The van der Waals surface area contributed by atoms with Crippen LogP contribution in [0.5, 0.6) is 5.75 Å². The predicted octanol–water partition coefficient (Wildman–Crippen LogP) is 6.60. The average molecular weight is 560 g/mol. The number of nitrogens with one attached hydrogen (secondary N) is 1. The van der Waals surface area contributed by atoms with Gasteiger partial charge in [0.2, 0.25) is 0 Å². The number of amides is 1. The number of carboxylic acid groups (broad SMARTS) is 1. The molecular formula is C32H33NO6S. The molecule has 0 spiro atoms. The number of thioether (sulfide) groups is 1. The minimum atomic E-state index is -1.06. The van der Waals surface area contributed by atoms with Gasteiger partial charge in [0.1, 0.15) is 29.4 Å². The number of aryl methyl sites for hydroxylation is 1. The van der Waals surface area contributed by atoms with E-state index in [-0.39, 0.29) is 0 Å². The first-order valence-corrected chi connectivity index (χ1v) is 14.2. The SMILES string of the molecule is COc1cccc(-c2ccc(C(OC)c3ccc(C(=O)NC(CCSC)C(=O)O)c(-c4ccccc4C)c3)o2)c1. The minimum Gasteiger partial charge on any atom is -0.497 e. The van der Waals surface area contributed by atoms with Gasteiger partial charge in [-0.2, -0.15) is 11.8 Å². The summed E-state index contributed by atoms with van der Waals surface area (Å²) in [5.41, 5.74) is 4.60. The van der Waals surface area contributed by atoms with Crippen LogP contribution in [0.3, 0.4) is 0 Å². The van der Waals surface area contributed by atoms with E-state index in [0.717, 1.165) is 28.0 Å². The maximum atomic E-state index is 13.4. The predicted molar refractivity (Wildman–Crippen MR) is 158 cm³/mol. The fourth-order valence-electron chi connectivity index (χ4n) is 4.59. The summed E-state index contributed by atoms with van der Waals surface area (Å²) in [4.78, 5) is 25.2. The molecule has 0 saturated carbocycles. The normalized spacial score (nSPS) is 12.5. The quantitative estimate of drug-likeness (QED) is 0.202. The Hall–Kier alpha value is -4.01. The number of carbonyl (C=O) groups is 2. The number of carbonyl (C=O) groups excluding carboxylic acids is 1. The van der Waals surface area contributed by atoms with Gasteiger partial charge in [-0.1, -0.05) is 42.5 Å². The molecule has 7 nitrogen and oxygen atoms in total. The van der Waals surface area contributed by atoms with Crippen molar-refractivity contribution in [3.63, 3.8) is 0 Å². The number of benzene rings is 3. The number of rotatable bonds is 12. The van der Waals surface area contributed by atoms with Gasteiger partial charge in [0.25, 0.3) is 5.91 Å². The van der Waals surface area contributed by atoms with Crippen LogP contribution in [-0.4, -0.2) is 49.3 Å². The molecule has 1 heterocycles. The number of carboxylic acids is 1. The second-order valence-electron chi connectivity index (χ2n) is 9.32. The van der Waals surface area contributed by atoms with Crippen molar-refractivity contribution in [2.24, 2.45) is 0 Å². The zero-order valence-corrected chi connectivity index (χ0v) is 23.8. The third-order valence-electron chi connectivity index (χ3n) is 6.72. The molecule has 0 fully saturated rings. The monoisotopic (exact) mass is 559 g/mol. The number of hydrogen-bond acceptors (Lipinski definition) is 6. The molecule has 0 aliphatic heterocycles. The van der Waals surface area contributed by atoms with Crippen molar-refractivity contribution >= 4 is 23.6 Å². The highest BCUT2D eigenvalue weighted by Gasteiger charge is 2.25. The highest BCUT2D eigenvalue weighted by atomic mass is 32.2. The van der Waals surface area contributed by atoms with Gasteiger partial charge in [0.15, 0.2) is 0 Å². The Morgan fingerprint density at radius 3 is 2.48 bits per heavy atom. The van der Waals surface area contributed by atoms with Crippen LogP contribution in [-0.2, 0) is 9.53 Å². The van der Waals surface area contributed by atoms with E-state index in [0.29, 0.717) is 34.8 Å². The fourth-order valence-corrected chi connectivity index (χ4v) is 5.06. The third-order valence-corrected chi connectivity index (χ3v) is 7.36. The molecule has 4 rings (SSSR count). The summed E-state index contributed by atoms with van der Waals surface area (Å²) in [5.74, 6) is 1.14. The highest BCUT2D eigenvalue weighted by molar-refractivity contribution is 7.98. The molecule has 3 aromatic carbocycles. The van der Waals surface area contributed by atoms with Crippen molar-refractivity contribution in [2.75, 3.05) is 26.2 Å². The van der Waals surface area contributed by atoms with E-state index < -0.39 is 24.0 Å². The summed E-state index contributed by atoms with van der Waals surface area (Å²) >= 11 is 1.54. The standard InChI is InChI=1S/C32H33NO6S/c1-20-8-5-6-11-24(20)26-19-22(12-13-25(26)31(34)33-27(32(35)36)16-17-40-4)30(38-3)29-15-14-28(39-29)21-9-7-10-23(18-21)37-2/h5-15,18-19,27,30H,16-17H2,1-4H3,(H,33,34)(H,35,36). The molecule has 0 aliphatic rings. The number of furan rings is 1. The van der Waals surface area contributed by atoms with E-state index in [4.69, 9.17) is 13.9 Å². The third kappa shape index (κ3) is 6.58. The van der Waals surface area contributed by atoms with Gasteiger partial charge in [-0.15, -0.1) is 0 Å². The number of aliphatic carboxylic acids is 1. The molecule has 1 aromatic heterocycles. The zero-order chi connectivity index (χ0) is 28.6. The van der Waals surface area contributed by atoms with Gasteiger partial charge in [-0.05, 0) is 84.0 Å². The Kier molecular flexibility index (Phi) is 9.69. The topological polar surface area (TPSA) is 98.0 Å². The van der Waals surface area contributed by atoms with Crippen molar-refractivity contribution in [3.8, 4) is 28.2 Å². The summed E-state index contributed by atoms with van der Waals surface area (Å²) in [6, 6.07) is 23.6. The number of hydrogen-bond donors (Lipinski definition) is 2. The molecule has 1 amide bonds. The van der Waals surface area contributed by atoms with Gasteiger partial charge in [0.05, 0.1) is 7.11 Å². The molecule has 4 aromatic rings. The Morgan fingerprint density at radius 1 is 0.975 bits per heavy atom. The van der Waals surface area contributed by atoms with E-state index in [1.807, 2.05) is 86.0 Å². The second-order valence-corrected chi connectivity index (χ2v) is 10.3. The zero-order valence-electron chi connectivity index (χ0n) is 23.0. The summed E-state index contributed by atoms with van der Waals surface area (Å²) in [6.07, 6.45) is 1.70. The van der Waals surface area contributed by atoms with Crippen LogP contribution in [0.1, 0.15) is 39.8 Å². The Balaban J connectivity index is 1.72. The summed E-state index contributed by atoms with van der Waals surface area (Å²) in [7, 11) is 3.23. The average Bonchev–Trinajstić information content (AvgIpc) is 3.45. The maximum absolute atomic E-state index is 13.4. The minimum absolute atomic E-state index is 0.333. The van der Waals surface area contributed by atoms with Gasteiger partial charge < -0.3 is 24.3 Å². The number of ether oxygens (including phenoxy) is 2. The molecule has 0 radical (unpaired) electrons. The molecule has 2 unspecified atom stereocenters. The summed E-state index contributed by atoms with van der Waals surface area (Å²) < 4.78 is 17.4. The largest absolute Gasteiger partial charge is 0.497 e. The van der Waals surface area contributed by atoms with Crippen molar-refractivity contribution in [1.82, 2.24) is 5.32 Å². The van der Waals surface area contributed by atoms with Crippen LogP contribution in [0.15, 0.2) is 83.3 Å². The van der Waals surface area contributed by atoms with Crippen LogP contribution in [0.2, 0.25) is 0 Å². The maximum Gasteiger partial charge on any atom is 0.326 e. The highest BCUT2D eigenvalue weighted by Crippen LogP contribution is 2.35. The second kappa shape index (κ2) is 13.4. The molecule has 0 aliphatic carbocycles.